The van der Waals surface area contributed by atoms with E-state index < -0.39 is 0 Å². The van der Waals surface area contributed by atoms with Crippen molar-refractivity contribution in [1.29, 1.82) is 0 Å². The Morgan fingerprint density at radius 1 is 1.27 bits per heavy atom. The van der Waals surface area contributed by atoms with Gasteiger partial charge in [0.2, 0.25) is 0 Å². The van der Waals surface area contributed by atoms with E-state index in [9.17, 15) is 0 Å². The third kappa shape index (κ3) is 4.24. The van der Waals surface area contributed by atoms with Crippen LogP contribution >= 0.6 is 0 Å². The molecule has 0 spiro atoms. The lowest BCUT2D eigenvalue weighted by Crippen LogP contribution is -2.11. The molecule has 0 aliphatic carbocycles. The third-order valence-corrected chi connectivity index (χ3v) is 2.31. The first kappa shape index (κ1) is 11.9. The van der Waals surface area contributed by atoms with Crippen molar-refractivity contribution in [3.63, 3.8) is 0 Å². The maximum atomic E-state index is 5.71. The van der Waals surface area contributed by atoms with Gasteiger partial charge < -0.3 is 10.5 Å². The van der Waals surface area contributed by atoms with E-state index in [1.807, 2.05) is 25.1 Å². The standard InChI is InChI=1S/C13H21NO/c1-10-9-11(14)5-6-12(10)15-8-7-13(2,3)4/h5-6,9H,7-8,14H2,1-4H3. The number of hydrogen-bond acceptors (Lipinski definition) is 2. The second-order valence-corrected chi connectivity index (χ2v) is 5.18. The molecule has 0 aromatic heterocycles. The number of rotatable bonds is 3. The second-order valence-electron chi connectivity index (χ2n) is 5.18. The van der Waals surface area contributed by atoms with Gasteiger partial charge in [-0.25, -0.2) is 0 Å². The summed E-state index contributed by atoms with van der Waals surface area (Å²) in [5, 5.41) is 0. The van der Waals surface area contributed by atoms with E-state index in [0.717, 1.165) is 30.0 Å². The Balaban J connectivity index is 2.51. The van der Waals surface area contributed by atoms with Crippen molar-refractivity contribution in [2.75, 3.05) is 12.3 Å². The third-order valence-electron chi connectivity index (χ3n) is 2.31. The van der Waals surface area contributed by atoms with Crippen LogP contribution in [0.2, 0.25) is 0 Å². The van der Waals surface area contributed by atoms with Crippen LogP contribution in [0.25, 0.3) is 0 Å². The molecule has 0 radical (unpaired) electrons. The minimum Gasteiger partial charge on any atom is -0.493 e. The van der Waals surface area contributed by atoms with E-state index >= 15 is 0 Å². The molecule has 0 fully saturated rings. The summed E-state index contributed by atoms with van der Waals surface area (Å²) in [5.41, 5.74) is 7.88. The van der Waals surface area contributed by atoms with Gasteiger partial charge in [0.05, 0.1) is 6.61 Å². The predicted octanol–water partition coefficient (Wildman–Crippen LogP) is 3.39. The van der Waals surface area contributed by atoms with Crippen LogP contribution in [-0.2, 0) is 0 Å². The zero-order valence-corrected chi connectivity index (χ0v) is 10.1. The molecule has 1 aromatic rings. The fourth-order valence-corrected chi connectivity index (χ4v) is 1.30. The number of aryl methyl sites for hydroxylation is 1. The molecule has 0 heterocycles. The summed E-state index contributed by atoms with van der Waals surface area (Å²) in [6.07, 6.45) is 1.05. The number of ether oxygens (including phenoxy) is 1. The van der Waals surface area contributed by atoms with E-state index in [1.54, 1.807) is 0 Å². The van der Waals surface area contributed by atoms with Crippen molar-refractivity contribution in [2.24, 2.45) is 5.41 Å². The molecule has 0 bridgehead atoms. The maximum Gasteiger partial charge on any atom is 0.122 e. The Morgan fingerprint density at radius 2 is 1.93 bits per heavy atom. The first-order valence-electron chi connectivity index (χ1n) is 5.37. The lowest BCUT2D eigenvalue weighted by molar-refractivity contribution is 0.242. The lowest BCUT2D eigenvalue weighted by Gasteiger charge is -2.18. The Hall–Kier alpha value is -1.18. The van der Waals surface area contributed by atoms with E-state index in [2.05, 4.69) is 20.8 Å². The van der Waals surface area contributed by atoms with E-state index in [1.165, 1.54) is 0 Å². The average Bonchev–Trinajstić information content (AvgIpc) is 2.07. The van der Waals surface area contributed by atoms with Crippen LogP contribution in [0.1, 0.15) is 32.8 Å². The van der Waals surface area contributed by atoms with Crippen LogP contribution in [0.3, 0.4) is 0 Å². The number of benzene rings is 1. The van der Waals surface area contributed by atoms with Crippen molar-refractivity contribution in [2.45, 2.75) is 34.1 Å². The zero-order chi connectivity index (χ0) is 11.5. The number of nitrogen functional groups attached to an aromatic ring is 1. The fraction of sp³-hybridized carbons (Fsp3) is 0.538. The molecule has 0 aliphatic heterocycles. The smallest absolute Gasteiger partial charge is 0.122 e. The second kappa shape index (κ2) is 4.56. The maximum absolute atomic E-state index is 5.71. The van der Waals surface area contributed by atoms with Gasteiger partial charge in [0.25, 0.3) is 0 Å². The molecular weight excluding hydrogens is 186 g/mol. The highest BCUT2D eigenvalue weighted by molar-refractivity contribution is 5.47. The van der Waals surface area contributed by atoms with Gasteiger partial charge in [0.1, 0.15) is 5.75 Å². The molecule has 1 aromatic carbocycles. The molecule has 0 atom stereocenters. The Bertz CT molecular complexity index is 326. The summed E-state index contributed by atoms with van der Waals surface area (Å²) in [7, 11) is 0. The minimum absolute atomic E-state index is 0.321. The van der Waals surface area contributed by atoms with Crippen LogP contribution in [0.4, 0.5) is 5.69 Å². The highest BCUT2D eigenvalue weighted by Gasteiger charge is 2.10. The Kier molecular flexibility index (Phi) is 3.61. The van der Waals surface area contributed by atoms with E-state index in [4.69, 9.17) is 10.5 Å². The lowest BCUT2D eigenvalue weighted by atomic mass is 9.93. The minimum atomic E-state index is 0.321. The van der Waals surface area contributed by atoms with Crippen LogP contribution in [-0.4, -0.2) is 6.61 Å². The summed E-state index contributed by atoms with van der Waals surface area (Å²) in [6.45, 7) is 9.42. The normalized spacial score (nSPS) is 11.5. The number of hydrogen-bond donors (Lipinski definition) is 1. The van der Waals surface area contributed by atoms with E-state index in [0.29, 0.717) is 5.41 Å². The topological polar surface area (TPSA) is 35.2 Å². The molecule has 0 unspecified atom stereocenters. The van der Waals surface area contributed by atoms with Crippen LogP contribution in [0, 0.1) is 12.3 Å². The SMILES string of the molecule is Cc1cc(N)ccc1OCCC(C)(C)C. The Morgan fingerprint density at radius 3 is 2.47 bits per heavy atom. The molecule has 0 aliphatic rings. The van der Waals surface area contributed by atoms with Gasteiger partial charge in [-0.15, -0.1) is 0 Å². The van der Waals surface area contributed by atoms with Gasteiger partial charge in [0.15, 0.2) is 0 Å². The van der Waals surface area contributed by atoms with Crippen molar-refractivity contribution < 1.29 is 4.74 Å². The largest absolute Gasteiger partial charge is 0.493 e. The highest BCUT2D eigenvalue weighted by Crippen LogP contribution is 2.23. The number of anilines is 1. The molecule has 0 saturated carbocycles. The summed E-state index contributed by atoms with van der Waals surface area (Å²) in [4.78, 5) is 0. The van der Waals surface area contributed by atoms with Gasteiger partial charge in [-0.1, -0.05) is 20.8 Å². The molecule has 15 heavy (non-hydrogen) atoms. The first-order chi connectivity index (χ1) is 6.88. The van der Waals surface area contributed by atoms with E-state index in [-0.39, 0.29) is 0 Å². The van der Waals surface area contributed by atoms with Gasteiger partial charge in [-0.2, -0.15) is 0 Å². The van der Waals surface area contributed by atoms with Crippen molar-refractivity contribution in [3.8, 4) is 5.75 Å². The van der Waals surface area contributed by atoms with Gasteiger partial charge >= 0.3 is 0 Å². The molecule has 1 rings (SSSR count). The molecular formula is C13H21NO. The molecule has 0 saturated heterocycles. The molecule has 2 nitrogen and oxygen atoms in total. The van der Waals surface area contributed by atoms with Crippen LogP contribution in [0.5, 0.6) is 5.75 Å². The predicted molar refractivity (Wildman–Crippen MR) is 65.2 cm³/mol. The molecule has 2 heteroatoms. The van der Waals surface area contributed by atoms with Gasteiger partial charge in [-0.3, -0.25) is 0 Å². The molecule has 0 amide bonds. The van der Waals surface area contributed by atoms with Crippen molar-refractivity contribution in [1.82, 2.24) is 0 Å². The number of nitrogens with two attached hydrogens (primary N) is 1. The monoisotopic (exact) mass is 207 g/mol. The fourth-order valence-electron chi connectivity index (χ4n) is 1.30. The van der Waals surface area contributed by atoms with Crippen molar-refractivity contribution >= 4 is 5.69 Å². The van der Waals surface area contributed by atoms with Gasteiger partial charge in [-0.05, 0) is 42.5 Å². The Labute approximate surface area is 92.4 Å². The quantitative estimate of drug-likeness (QED) is 0.771. The first-order valence-corrected chi connectivity index (χ1v) is 5.37. The summed E-state index contributed by atoms with van der Waals surface area (Å²) >= 11 is 0. The summed E-state index contributed by atoms with van der Waals surface area (Å²) in [6, 6.07) is 5.75. The van der Waals surface area contributed by atoms with Crippen LogP contribution in [0.15, 0.2) is 18.2 Å². The molecule has 2 N–H and O–H groups in total. The average molecular weight is 207 g/mol. The zero-order valence-electron chi connectivity index (χ0n) is 10.1. The summed E-state index contributed by atoms with van der Waals surface area (Å²) < 4.78 is 5.71. The highest BCUT2D eigenvalue weighted by atomic mass is 16.5. The van der Waals surface area contributed by atoms with Crippen LogP contribution < -0.4 is 10.5 Å². The molecule has 84 valence electrons. The van der Waals surface area contributed by atoms with Gasteiger partial charge in [0, 0.05) is 5.69 Å². The summed E-state index contributed by atoms with van der Waals surface area (Å²) in [5.74, 6) is 0.938. The van der Waals surface area contributed by atoms with Crippen molar-refractivity contribution in [3.05, 3.63) is 23.8 Å².